The fourth-order valence-corrected chi connectivity index (χ4v) is 2.94. The molecule has 1 saturated carbocycles. The summed E-state index contributed by atoms with van der Waals surface area (Å²) in [5.74, 6) is 0.452. The van der Waals surface area contributed by atoms with E-state index in [2.05, 4.69) is 10.6 Å². The van der Waals surface area contributed by atoms with Gasteiger partial charge in [-0.2, -0.15) is 13.2 Å². The van der Waals surface area contributed by atoms with Gasteiger partial charge in [-0.1, -0.05) is 25.3 Å². The molecule has 0 heterocycles. The number of carbonyl (C=O) groups excluding carboxylic acids is 1. The molecule has 0 unspecified atom stereocenters. The number of carbonyl (C=O) groups is 1. The number of anilines is 1. The zero-order chi connectivity index (χ0) is 18.3. The Morgan fingerprint density at radius 1 is 1.24 bits per heavy atom. The first kappa shape index (κ1) is 19.4. The van der Waals surface area contributed by atoms with Crippen LogP contribution in [0.4, 0.5) is 18.9 Å². The molecule has 0 bridgehead atoms. The molecule has 0 spiro atoms. The van der Waals surface area contributed by atoms with Gasteiger partial charge in [0, 0.05) is 6.54 Å². The Hall–Kier alpha value is -1.92. The van der Waals surface area contributed by atoms with Crippen LogP contribution in [0, 0.1) is 12.8 Å². The molecule has 25 heavy (non-hydrogen) atoms. The maximum atomic E-state index is 12.4. The fraction of sp³-hybridized carbons (Fsp3) is 0.611. The second-order valence-electron chi connectivity index (χ2n) is 6.57. The van der Waals surface area contributed by atoms with Gasteiger partial charge in [0.05, 0.1) is 12.2 Å². The Morgan fingerprint density at radius 3 is 2.64 bits per heavy atom. The lowest BCUT2D eigenvalue weighted by atomic mass is 9.89. The van der Waals surface area contributed by atoms with Crippen molar-refractivity contribution in [2.24, 2.45) is 5.92 Å². The summed E-state index contributed by atoms with van der Waals surface area (Å²) in [6.07, 6.45) is 1.56. The van der Waals surface area contributed by atoms with E-state index in [0.717, 1.165) is 18.4 Å². The topological polar surface area (TPSA) is 50.4 Å². The van der Waals surface area contributed by atoms with E-state index in [1.165, 1.54) is 25.3 Å². The molecule has 1 aromatic carbocycles. The molecule has 1 aliphatic carbocycles. The highest BCUT2D eigenvalue weighted by Crippen LogP contribution is 2.28. The standard InChI is InChI=1S/C18H25F3N2O2/c1-13-7-8-15(16(9-13)25-12-18(19,20)21)22-11-17(24)23-10-14-5-3-2-4-6-14/h7-9,14,22H,2-6,10-12H2,1H3,(H,23,24). The van der Waals surface area contributed by atoms with Crippen LogP contribution in [0.5, 0.6) is 5.75 Å². The van der Waals surface area contributed by atoms with E-state index in [1.54, 1.807) is 19.1 Å². The van der Waals surface area contributed by atoms with Gasteiger partial charge in [0.25, 0.3) is 0 Å². The van der Waals surface area contributed by atoms with Crippen molar-refractivity contribution in [2.75, 3.05) is 25.0 Å². The molecule has 0 aromatic heterocycles. The molecule has 4 nitrogen and oxygen atoms in total. The fourth-order valence-electron chi connectivity index (χ4n) is 2.94. The summed E-state index contributed by atoms with van der Waals surface area (Å²) in [7, 11) is 0. The number of hydrogen-bond acceptors (Lipinski definition) is 3. The molecule has 0 saturated heterocycles. The van der Waals surface area contributed by atoms with Crippen LogP contribution in [0.2, 0.25) is 0 Å². The molecule has 1 aromatic rings. The highest BCUT2D eigenvalue weighted by atomic mass is 19.4. The van der Waals surface area contributed by atoms with E-state index < -0.39 is 12.8 Å². The Kier molecular flexibility index (Phi) is 6.96. The average molecular weight is 358 g/mol. The molecule has 0 radical (unpaired) electrons. The predicted molar refractivity (Wildman–Crippen MR) is 90.8 cm³/mol. The summed E-state index contributed by atoms with van der Waals surface area (Å²) < 4.78 is 41.9. The van der Waals surface area contributed by atoms with Crippen LogP contribution in [0.1, 0.15) is 37.7 Å². The first-order chi connectivity index (χ1) is 11.8. The summed E-state index contributed by atoms with van der Waals surface area (Å²) in [6, 6.07) is 4.90. The first-order valence-electron chi connectivity index (χ1n) is 8.64. The molecular formula is C18H25F3N2O2. The lowest BCUT2D eigenvalue weighted by Crippen LogP contribution is -2.34. The summed E-state index contributed by atoms with van der Waals surface area (Å²) >= 11 is 0. The van der Waals surface area contributed by atoms with E-state index in [0.29, 0.717) is 18.2 Å². The SMILES string of the molecule is Cc1ccc(NCC(=O)NCC2CCCCC2)c(OCC(F)(F)F)c1. The minimum atomic E-state index is -4.40. The minimum Gasteiger partial charge on any atom is -0.482 e. The number of hydrogen-bond donors (Lipinski definition) is 2. The van der Waals surface area contributed by atoms with Crippen LogP contribution in [-0.4, -0.2) is 31.8 Å². The van der Waals surface area contributed by atoms with Gasteiger partial charge in [-0.15, -0.1) is 0 Å². The second kappa shape index (κ2) is 8.97. The van der Waals surface area contributed by atoms with Gasteiger partial charge in [0.1, 0.15) is 5.75 Å². The third-order valence-corrected chi connectivity index (χ3v) is 4.28. The quantitative estimate of drug-likeness (QED) is 0.773. The van der Waals surface area contributed by atoms with Gasteiger partial charge in [-0.25, -0.2) is 0 Å². The van der Waals surface area contributed by atoms with E-state index in [9.17, 15) is 18.0 Å². The van der Waals surface area contributed by atoms with Crippen LogP contribution in [0.15, 0.2) is 18.2 Å². The van der Waals surface area contributed by atoms with Crippen LogP contribution >= 0.6 is 0 Å². The highest BCUT2D eigenvalue weighted by Gasteiger charge is 2.28. The van der Waals surface area contributed by atoms with Crippen molar-refractivity contribution >= 4 is 11.6 Å². The van der Waals surface area contributed by atoms with Gasteiger partial charge in [-0.3, -0.25) is 4.79 Å². The molecule has 0 atom stereocenters. The molecule has 1 aliphatic rings. The van der Waals surface area contributed by atoms with Crippen LogP contribution in [-0.2, 0) is 4.79 Å². The second-order valence-corrected chi connectivity index (χ2v) is 6.57. The number of rotatable bonds is 7. The number of benzene rings is 1. The third kappa shape index (κ3) is 7.23. The maximum absolute atomic E-state index is 12.4. The van der Waals surface area contributed by atoms with E-state index in [1.807, 2.05) is 0 Å². The molecule has 140 valence electrons. The van der Waals surface area contributed by atoms with Crippen molar-refractivity contribution in [3.63, 3.8) is 0 Å². The van der Waals surface area contributed by atoms with Crippen molar-refractivity contribution in [3.8, 4) is 5.75 Å². The Bertz CT molecular complexity index is 570. The van der Waals surface area contributed by atoms with Crippen molar-refractivity contribution in [2.45, 2.75) is 45.2 Å². The van der Waals surface area contributed by atoms with Crippen LogP contribution < -0.4 is 15.4 Å². The molecule has 0 aliphatic heterocycles. The maximum Gasteiger partial charge on any atom is 0.422 e. The molecular weight excluding hydrogens is 333 g/mol. The Morgan fingerprint density at radius 2 is 1.96 bits per heavy atom. The third-order valence-electron chi connectivity index (χ3n) is 4.28. The predicted octanol–water partition coefficient (Wildman–Crippen LogP) is 4.04. The normalized spacial score (nSPS) is 15.7. The number of halogens is 3. The average Bonchev–Trinajstić information content (AvgIpc) is 2.57. The number of ether oxygens (including phenoxy) is 1. The molecule has 7 heteroatoms. The van der Waals surface area contributed by atoms with Gasteiger partial charge < -0.3 is 15.4 Å². The summed E-state index contributed by atoms with van der Waals surface area (Å²) in [5.41, 5.74) is 1.16. The van der Waals surface area contributed by atoms with Crippen LogP contribution in [0.3, 0.4) is 0 Å². The van der Waals surface area contributed by atoms with Gasteiger partial charge in [0.2, 0.25) is 5.91 Å². The van der Waals surface area contributed by atoms with Gasteiger partial charge in [0.15, 0.2) is 6.61 Å². The van der Waals surface area contributed by atoms with Crippen molar-refractivity contribution in [1.29, 1.82) is 0 Å². The zero-order valence-electron chi connectivity index (χ0n) is 14.4. The van der Waals surface area contributed by atoms with Crippen LogP contribution in [0.25, 0.3) is 0 Å². The molecule has 2 N–H and O–H groups in total. The van der Waals surface area contributed by atoms with E-state index >= 15 is 0 Å². The van der Waals surface area contributed by atoms with Gasteiger partial charge in [-0.05, 0) is 43.4 Å². The summed E-state index contributed by atoms with van der Waals surface area (Å²) in [4.78, 5) is 12.0. The Labute approximate surface area is 146 Å². The van der Waals surface area contributed by atoms with Gasteiger partial charge >= 0.3 is 6.18 Å². The minimum absolute atomic E-state index is 0.00183. The number of nitrogens with one attached hydrogen (secondary N) is 2. The number of amides is 1. The molecule has 2 rings (SSSR count). The molecule has 1 amide bonds. The van der Waals surface area contributed by atoms with Crippen molar-refractivity contribution in [3.05, 3.63) is 23.8 Å². The summed E-state index contributed by atoms with van der Waals surface area (Å²) in [5, 5.41) is 5.75. The number of aryl methyl sites for hydroxylation is 1. The monoisotopic (exact) mass is 358 g/mol. The van der Waals surface area contributed by atoms with E-state index in [-0.39, 0.29) is 18.2 Å². The smallest absolute Gasteiger partial charge is 0.422 e. The zero-order valence-corrected chi connectivity index (χ0v) is 14.4. The largest absolute Gasteiger partial charge is 0.482 e. The lowest BCUT2D eigenvalue weighted by Gasteiger charge is -2.22. The molecule has 1 fully saturated rings. The number of alkyl halides is 3. The Balaban J connectivity index is 1.83. The van der Waals surface area contributed by atoms with Crippen molar-refractivity contribution < 1.29 is 22.7 Å². The summed E-state index contributed by atoms with van der Waals surface area (Å²) in [6.45, 7) is 1.06. The van der Waals surface area contributed by atoms with E-state index in [4.69, 9.17) is 4.74 Å². The van der Waals surface area contributed by atoms with Crippen molar-refractivity contribution in [1.82, 2.24) is 5.32 Å². The first-order valence-corrected chi connectivity index (χ1v) is 8.64. The lowest BCUT2D eigenvalue weighted by molar-refractivity contribution is -0.153. The highest BCUT2D eigenvalue weighted by molar-refractivity contribution is 5.81.